The van der Waals surface area contributed by atoms with E-state index in [1.54, 1.807) is 0 Å². The first-order valence-electron chi connectivity index (χ1n) is 15.9. The van der Waals surface area contributed by atoms with Crippen LogP contribution >= 0.6 is 0 Å². The van der Waals surface area contributed by atoms with Gasteiger partial charge in [-0.1, -0.05) is 128 Å². The highest BCUT2D eigenvalue weighted by molar-refractivity contribution is 5.95. The summed E-state index contributed by atoms with van der Waals surface area (Å²) in [6, 6.07) is 45.9. The molecule has 0 unspecified atom stereocenters. The number of para-hydroxylation sites is 2. The Morgan fingerprint density at radius 3 is 1.98 bits per heavy atom. The summed E-state index contributed by atoms with van der Waals surface area (Å²) in [5.74, 6) is 0. The Bertz CT molecular complexity index is 2430. The number of nitrogens with zero attached hydrogens (tertiary/aromatic N) is 2. The monoisotopic (exact) mass is 590 g/mol. The zero-order valence-corrected chi connectivity index (χ0v) is 25.9. The predicted molar refractivity (Wildman–Crippen MR) is 196 cm³/mol. The molecular formula is C44H34N2. The zero-order valence-electron chi connectivity index (χ0n) is 25.9. The van der Waals surface area contributed by atoms with Crippen LogP contribution < -0.4 is 10.6 Å². The summed E-state index contributed by atoms with van der Waals surface area (Å²) >= 11 is 0. The molecule has 0 saturated heterocycles. The summed E-state index contributed by atoms with van der Waals surface area (Å²) in [7, 11) is 0. The quantitative estimate of drug-likeness (QED) is 0.171. The summed E-state index contributed by atoms with van der Waals surface area (Å²) in [5.41, 5.74) is 11.9. The van der Waals surface area contributed by atoms with Crippen LogP contribution in [0.1, 0.15) is 23.7 Å². The maximum atomic E-state index is 4.28. The third kappa shape index (κ3) is 4.67. The number of aromatic nitrogens is 2. The lowest BCUT2D eigenvalue weighted by Gasteiger charge is -2.12. The van der Waals surface area contributed by atoms with Crippen LogP contribution in [-0.4, -0.2) is 9.13 Å². The second-order valence-electron chi connectivity index (χ2n) is 11.8. The molecule has 220 valence electrons. The van der Waals surface area contributed by atoms with Crippen LogP contribution in [0.2, 0.25) is 0 Å². The Morgan fingerprint density at radius 2 is 1.24 bits per heavy atom. The molecule has 0 amide bonds. The van der Waals surface area contributed by atoms with Crippen LogP contribution in [0.4, 0.5) is 0 Å². The second kappa shape index (κ2) is 11.6. The Kier molecular flexibility index (Phi) is 6.96. The predicted octanol–water partition coefficient (Wildman–Crippen LogP) is 9.55. The average molecular weight is 591 g/mol. The molecule has 2 heterocycles. The molecule has 7 aromatic rings. The lowest BCUT2D eigenvalue weighted by molar-refractivity contribution is 1.01. The summed E-state index contributed by atoms with van der Waals surface area (Å²) in [6.45, 7) is 6.29. The van der Waals surface area contributed by atoms with E-state index in [-0.39, 0.29) is 0 Å². The van der Waals surface area contributed by atoms with Gasteiger partial charge < -0.3 is 9.13 Å². The zero-order chi connectivity index (χ0) is 31.0. The van der Waals surface area contributed by atoms with Gasteiger partial charge >= 0.3 is 0 Å². The van der Waals surface area contributed by atoms with Crippen LogP contribution in [0, 0.1) is 0 Å². The van der Waals surface area contributed by atoms with Crippen molar-refractivity contribution in [2.75, 3.05) is 0 Å². The van der Waals surface area contributed by atoms with Gasteiger partial charge in [-0.2, -0.15) is 0 Å². The van der Waals surface area contributed by atoms with E-state index < -0.39 is 0 Å². The van der Waals surface area contributed by atoms with Crippen LogP contribution in [0.3, 0.4) is 0 Å². The van der Waals surface area contributed by atoms with Crippen molar-refractivity contribution in [3.05, 3.63) is 186 Å². The molecule has 0 saturated carbocycles. The van der Waals surface area contributed by atoms with Crippen molar-refractivity contribution in [1.82, 2.24) is 9.13 Å². The van der Waals surface area contributed by atoms with Crippen molar-refractivity contribution in [3.8, 4) is 22.5 Å². The van der Waals surface area contributed by atoms with Crippen molar-refractivity contribution in [3.63, 3.8) is 0 Å². The topological polar surface area (TPSA) is 9.86 Å². The molecule has 0 aliphatic heterocycles. The number of hydrogen-bond donors (Lipinski definition) is 0. The van der Waals surface area contributed by atoms with E-state index in [0.717, 1.165) is 23.2 Å². The molecule has 5 aromatic carbocycles. The van der Waals surface area contributed by atoms with Crippen LogP contribution in [0.25, 0.3) is 62.0 Å². The number of fused-ring (bicyclic) bond motifs is 6. The van der Waals surface area contributed by atoms with E-state index >= 15 is 0 Å². The first kappa shape index (κ1) is 27.7. The summed E-state index contributed by atoms with van der Waals surface area (Å²) in [5, 5.41) is 5.02. The van der Waals surface area contributed by atoms with Gasteiger partial charge in [-0.05, 0) is 71.7 Å². The molecule has 46 heavy (non-hydrogen) atoms. The van der Waals surface area contributed by atoms with Crippen molar-refractivity contribution in [2.45, 2.75) is 13.3 Å². The molecule has 2 nitrogen and oxygen atoms in total. The van der Waals surface area contributed by atoms with Gasteiger partial charge in [0.2, 0.25) is 0 Å². The van der Waals surface area contributed by atoms with E-state index in [2.05, 4.69) is 161 Å². The minimum atomic E-state index is 0.814. The molecule has 1 aliphatic rings. The van der Waals surface area contributed by atoms with Crippen molar-refractivity contribution < 1.29 is 0 Å². The maximum Gasteiger partial charge on any atom is 0.0540 e. The van der Waals surface area contributed by atoms with Gasteiger partial charge in [0, 0.05) is 45.0 Å². The van der Waals surface area contributed by atoms with Gasteiger partial charge in [0.1, 0.15) is 0 Å². The molecule has 0 fully saturated rings. The van der Waals surface area contributed by atoms with E-state index in [1.165, 1.54) is 60.4 Å². The molecule has 8 rings (SSSR count). The Balaban J connectivity index is 1.29. The third-order valence-electron chi connectivity index (χ3n) is 9.08. The van der Waals surface area contributed by atoms with Gasteiger partial charge in [-0.25, -0.2) is 0 Å². The van der Waals surface area contributed by atoms with Gasteiger partial charge in [0.05, 0.1) is 16.4 Å². The van der Waals surface area contributed by atoms with Crippen molar-refractivity contribution in [2.24, 2.45) is 0 Å². The van der Waals surface area contributed by atoms with E-state index in [9.17, 15) is 0 Å². The molecule has 1 aliphatic carbocycles. The lowest BCUT2D eigenvalue weighted by Crippen LogP contribution is -2.28. The third-order valence-corrected chi connectivity index (χ3v) is 9.08. The number of allylic oxidation sites excluding steroid dienone is 5. The minimum absolute atomic E-state index is 0.814. The molecule has 0 bridgehead atoms. The van der Waals surface area contributed by atoms with E-state index in [0.29, 0.717) is 0 Å². The van der Waals surface area contributed by atoms with Gasteiger partial charge in [0.15, 0.2) is 0 Å². The Labute approximate surface area is 269 Å². The summed E-state index contributed by atoms with van der Waals surface area (Å²) < 4.78 is 4.86. The lowest BCUT2D eigenvalue weighted by atomic mass is 10.1. The molecular weight excluding hydrogens is 556 g/mol. The molecule has 2 aromatic heterocycles. The second-order valence-corrected chi connectivity index (χ2v) is 11.8. The fourth-order valence-corrected chi connectivity index (χ4v) is 6.87. The fourth-order valence-electron chi connectivity index (χ4n) is 6.87. The molecule has 0 N–H and O–H groups in total. The SMILES string of the molecule is C=C(/C=C\C=C/C)c1ccc(-n2c3c(c4ccccc42)=Cc2c(n(-c4ccc(-c5ccccc5)cc4)c4ccccc24)CC=3)cc1. The summed E-state index contributed by atoms with van der Waals surface area (Å²) in [4.78, 5) is 0. The fraction of sp³-hybridized carbons (Fsp3) is 0.0455. The van der Waals surface area contributed by atoms with Gasteiger partial charge in [0.25, 0.3) is 0 Å². The highest BCUT2D eigenvalue weighted by atomic mass is 15.0. The highest BCUT2D eigenvalue weighted by Crippen LogP contribution is 2.33. The minimum Gasteiger partial charge on any atom is -0.313 e. The standard InChI is InChI=1S/C44H34N2/c1-3-4-6-13-31(2)32-20-24-35(25-21-32)45-41-18-11-9-16-37(41)39-30-40-38-17-10-12-19-42(38)46(44(40)29-28-43(39)45)36-26-22-34(23-27-36)33-14-7-5-8-15-33/h3-28,30H,2,29H2,1H3/b4-3-,13-6-. The van der Waals surface area contributed by atoms with E-state index in [4.69, 9.17) is 0 Å². The summed E-state index contributed by atoms with van der Waals surface area (Å²) in [6.07, 6.45) is 13.8. The van der Waals surface area contributed by atoms with E-state index in [1.807, 2.05) is 25.2 Å². The van der Waals surface area contributed by atoms with Crippen LogP contribution in [-0.2, 0) is 6.42 Å². The van der Waals surface area contributed by atoms with Crippen LogP contribution in [0.5, 0.6) is 0 Å². The number of hydrogen-bond acceptors (Lipinski definition) is 0. The van der Waals surface area contributed by atoms with Gasteiger partial charge in [-0.15, -0.1) is 0 Å². The normalized spacial score (nSPS) is 12.6. The molecule has 0 spiro atoms. The first-order chi connectivity index (χ1) is 22.7. The smallest absolute Gasteiger partial charge is 0.0540 e. The number of benzene rings is 5. The first-order valence-corrected chi connectivity index (χ1v) is 15.9. The number of rotatable bonds is 6. The molecule has 2 heteroatoms. The average Bonchev–Trinajstić information content (AvgIpc) is 3.52. The Morgan fingerprint density at radius 1 is 0.630 bits per heavy atom. The largest absolute Gasteiger partial charge is 0.313 e. The Hall–Kier alpha value is -5.86. The van der Waals surface area contributed by atoms with Crippen molar-refractivity contribution in [1.29, 1.82) is 0 Å². The van der Waals surface area contributed by atoms with Gasteiger partial charge in [-0.3, -0.25) is 0 Å². The molecule has 0 atom stereocenters. The van der Waals surface area contributed by atoms with Crippen LogP contribution in [0.15, 0.2) is 158 Å². The highest BCUT2D eigenvalue weighted by Gasteiger charge is 2.20. The van der Waals surface area contributed by atoms with Crippen molar-refractivity contribution >= 4 is 39.5 Å². The molecule has 0 radical (unpaired) electrons. The maximum absolute atomic E-state index is 4.28.